The van der Waals surface area contributed by atoms with Gasteiger partial charge in [0.05, 0.1) is 11.4 Å². The largest absolute Gasteiger partial charge is 0.356 e. The average molecular weight is 297 g/mol. The third-order valence-corrected chi connectivity index (χ3v) is 5.35. The predicted octanol–water partition coefficient (Wildman–Crippen LogP) is 2.10. The SMILES string of the molecule is [NH3+]C[C@@H](c1cccc(Cl)c1)S(=O)(=O)c1ccccc1. The van der Waals surface area contributed by atoms with Gasteiger partial charge in [-0.2, -0.15) is 0 Å². The Morgan fingerprint density at radius 3 is 2.32 bits per heavy atom. The highest BCUT2D eigenvalue weighted by Crippen LogP contribution is 2.28. The minimum atomic E-state index is -3.44. The molecule has 3 N–H and O–H groups in total. The molecule has 0 heterocycles. The Hall–Kier alpha value is -1.36. The maximum atomic E-state index is 12.6. The van der Waals surface area contributed by atoms with E-state index in [1.165, 1.54) is 0 Å². The Labute approximate surface area is 117 Å². The van der Waals surface area contributed by atoms with Gasteiger partial charge in [-0.1, -0.05) is 41.9 Å². The number of sulfone groups is 1. The molecule has 3 nitrogen and oxygen atoms in total. The molecule has 0 unspecified atom stereocenters. The first-order chi connectivity index (χ1) is 9.05. The average Bonchev–Trinajstić information content (AvgIpc) is 2.40. The third kappa shape index (κ3) is 2.97. The van der Waals surface area contributed by atoms with E-state index in [2.05, 4.69) is 5.73 Å². The highest BCUT2D eigenvalue weighted by Gasteiger charge is 2.29. The van der Waals surface area contributed by atoms with Crippen LogP contribution in [-0.2, 0) is 9.84 Å². The van der Waals surface area contributed by atoms with E-state index in [0.29, 0.717) is 15.5 Å². The zero-order valence-corrected chi connectivity index (χ0v) is 11.9. The molecule has 19 heavy (non-hydrogen) atoms. The van der Waals surface area contributed by atoms with E-state index in [4.69, 9.17) is 11.6 Å². The monoisotopic (exact) mass is 296 g/mol. The molecule has 5 heteroatoms. The van der Waals surface area contributed by atoms with Crippen molar-refractivity contribution in [2.45, 2.75) is 10.1 Å². The molecule has 0 fully saturated rings. The van der Waals surface area contributed by atoms with Gasteiger partial charge in [0.2, 0.25) is 0 Å². The van der Waals surface area contributed by atoms with E-state index in [1.807, 2.05) is 0 Å². The van der Waals surface area contributed by atoms with Gasteiger partial charge in [-0.15, -0.1) is 0 Å². The molecule has 0 spiro atoms. The van der Waals surface area contributed by atoms with Crippen LogP contribution in [0.25, 0.3) is 0 Å². The van der Waals surface area contributed by atoms with E-state index < -0.39 is 15.1 Å². The molecule has 2 rings (SSSR count). The third-order valence-electron chi connectivity index (χ3n) is 2.93. The number of benzene rings is 2. The molecule has 1 atom stereocenters. The molecule has 100 valence electrons. The summed E-state index contributed by atoms with van der Waals surface area (Å²) >= 11 is 5.93. The summed E-state index contributed by atoms with van der Waals surface area (Å²) in [7, 11) is -3.44. The van der Waals surface area contributed by atoms with Gasteiger partial charge in [0.1, 0.15) is 5.25 Å². The van der Waals surface area contributed by atoms with Crippen LogP contribution in [-0.4, -0.2) is 15.0 Å². The van der Waals surface area contributed by atoms with Crippen LogP contribution >= 0.6 is 11.6 Å². The van der Waals surface area contributed by atoms with Gasteiger partial charge in [0.25, 0.3) is 0 Å². The van der Waals surface area contributed by atoms with E-state index in [0.717, 1.165) is 0 Å². The summed E-state index contributed by atoms with van der Waals surface area (Å²) in [5.74, 6) is 0. The van der Waals surface area contributed by atoms with Crippen LogP contribution in [0.15, 0.2) is 59.5 Å². The van der Waals surface area contributed by atoms with E-state index in [9.17, 15) is 8.42 Å². The summed E-state index contributed by atoms with van der Waals surface area (Å²) in [5.41, 5.74) is 4.43. The Morgan fingerprint density at radius 2 is 1.74 bits per heavy atom. The van der Waals surface area contributed by atoms with E-state index in [1.54, 1.807) is 54.6 Å². The van der Waals surface area contributed by atoms with Gasteiger partial charge < -0.3 is 5.73 Å². The van der Waals surface area contributed by atoms with Crippen molar-refractivity contribution < 1.29 is 14.2 Å². The summed E-state index contributed by atoms with van der Waals surface area (Å²) in [6, 6.07) is 15.3. The van der Waals surface area contributed by atoms with Crippen LogP contribution in [0.1, 0.15) is 10.8 Å². The van der Waals surface area contributed by atoms with Gasteiger partial charge in [-0.3, -0.25) is 0 Å². The van der Waals surface area contributed by atoms with Crippen LogP contribution < -0.4 is 5.73 Å². The van der Waals surface area contributed by atoms with Crippen molar-refractivity contribution in [2.24, 2.45) is 0 Å². The fourth-order valence-corrected chi connectivity index (χ4v) is 3.86. The summed E-state index contributed by atoms with van der Waals surface area (Å²) in [4.78, 5) is 0.309. The lowest BCUT2D eigenvalue weighted by atomic mass is 10.1. The van der Waals surface area contributed by atoms with E-state index >= 15 is 0 Å². The van der Waals surface area contributed by atoms with Crippen molar-refractivity contribution in [2.75, 3.05) is 6.54 Å². The van der Waals surface area contributed by atoms with Crippen molar-refractivity contribution in [3.63, 3.8) is 0 Å². The fraction of sp³-hybridized carbons (Fsp3) is 0.143. The highest BCUT2D eigenvalue weighted by molar-refractivity contribution is 7.91. The van der Waals surface area contributed by atoms with Crippen LogP contribution in [0.5, 0.6) is 0 Å². The van der Waals surface area contributed by atoms with Crippen molar-refractivity contribution >= 4 is 21.4 Å². The molecule has 0 aliphatic carbocycles. The van der Waals surface area contributed by atoms with Crippen LogP contribution in [0.3, 0.4) is 0 Å². The smallest absolute Gasteiger partial charge is 0.190 e. The molecule has 2 aromatic rings. The second kappa shape index (κ2) is 5.74. The van der Waals surface area contributed by atoms with E-state index in [-0.39, 0.29) is 6.54 Å². The van der Waals surface area contributed by atoms with Crippen molar-refractivity contribution in [1.82, 2.24) is 0 Å². The quantitative estimate of drug-likeness (QED) is 0.939. The lowest BCUT2D eigenvalue weighted by molar-refractivity contribution is -0.367. The molecule has 0 aliphatic heterocycles. The van der Waals surface area contributed by atoms with Gasteiger partial charge in [0, 0.05) is 5.02 Å². The number of halogens is 1. The second-order valence-corrected chi connectivity index (χ2v) is 6.76. The van der Waals surface area contributed by atoms with Crippen molar-refractivity contribution in [3.8, 4) is 0 Å². The Kier molecular flexibility index (Phi) is 4.24. The van der Waals surface area contributed by atoms with Crippen molar-refractivity contribution in [1.29, 1.82) is 0 Å². The van der Waals surface area contributed by atoms with Gasteiger partial charge >= 0.3 is 0 Å². The van der Waals surface area contributed by atoms with Gasteiger partial charge in [-0.05, 0) is 29.8 Å². The summed E-state index contributed by atoms with van der Waals surface area (Å²) in [6.07, 6.45) is 0. The summed E-state index contributed by atoms with van der Waals surface area (Å²) < 4.78 is 25.2. The summed E-state index contributed by atoms with van der Waals surface area (Å²) in [5, 5.41) is -0.146. The number of rotatable bonds is 4. The number of hydrogen-bond donors (Lipinski definition) is 1. The molecular weight excluding hydrogens is 282 g/mol. The number of hydrogen-bond acceptors (Lipinski definition) is 2. The molecule has 0 aromatic heterocycles. The molecule has 2 aromatic carbocycles. The standard InChI is InChI=1S/C14H14ClNO2S/c15-12-6-4-5-11(9-12)14(10-16)19(17,18)13-7-2-1-3-8-13/h1-9,14H,10,16H2/p+1/t14-/m0/s1. The minimum absolute atomic E-state index is 0.261. The lowest BCUT2D eigenvalue weighted by Gasteiger charge is -2.15. The second-order valence-electron chi connectivity index (χ2n) is 4.19. The van der Waals surface area contributed by atoms with Gasteiger partial charge in [0.15, 0.2) is 9.84 Å². The molecular formula is C14H15ClNO2S+. The van der Waals surface area contributed by atoms with Gasteiger partial charge in [-0.25, -0.2) is 8.42 Å². The van der Waals surface area contributed by atoms with Crippen molar-refractivity contribution in [3.05, 3.63) is 65.2 Å². The minimum Gasteiger partial charge on any atom is -0.356 e. The first kappa shape index (κ1) is 14.1. The molecule has 0 saturated carbocycles. The Morgan fingerprint density at radius 1 is 1.05 bits per heavy atom. The maximum Gasteiger partial charge on any atom is 0.190 e. The van der Waals surface area contributed by atoms with Crippen LogP contribution in [0.4, 0.5) is 0 Å². The molecule has 0 radical (unpaired) electrons. The first-order valence-electron chi connectivity index (χ1n) is 5.89. The predicted molar refractivity (Wildman–Crippen MR) is 75.6 cm³/mol. The first-order valence-corrected chi connectivity index (χ1v) is 7.82. The molecule has 0 amide bonds. The zero-order chi connectivity index (χ0) is 13.9. The summed E-state index contributed by atoms with van der Waals surface area (Å²) in [6.45, 7) is 0.261. The van der Waals surface area contributed by atoms with Crippen LogP contribution in [0, 0.1) is 0 Å². The Bertz CT molecular complexity index is 656. The molecule has 0 bridgehead atoms. The topological polar surface area (TPSA) is 61.8 Å². The Balaban J connectivity index is 2.48. The maximum absolute atomic E-state index is 12.6. The highest BCUT2D eigenvalue weighted by atomic mass is 35.5. The number of quaternary nitrogens is 1. The molecule has 0 saturated heterocycles. The van der Waals surface area contributed by atoms with Crippen LogP contribution in [0.2, 0.25) is 5.02 Å². The lowest BCUT2D eigenvalue weighted by Crippen LogP contribution is -2.54. The normalized spacial score (nSPS) is 13.2. The zero-order valence-electron chi connectivity index (χ0n) is 10.3. The fourth-order valence-electron chi connectivity index (χ4n) is 1.98. The molecule has 0 aliphatic rings.